The Morgan fingerprint density at radius 3 is 2.53 bits per heavy atom. The molecular weight excluding hydrogens is 286 g/mol. The molecule has 0 aromatic rings. The third kappa shape index (κ3) is 9.25. The van der Waals surface area contributed by atoms with Crippen LogP contribution in [-0.4, -0.2) is 53.0 Å². The van der Waals surface area contributed by atoms with Crippen molar-refractivity contribution < 1.29 is 17.9 Å². The Bertz CT molecular complexity index is 245. The van der Waals surface area contributed by atoms with Gasteiger partial charge in [-0.15, -0.1) is 0 Å². The highest BCUT2D eigenvalue weighted by Crippen LogP contribution is 1.99. The van der Waals surface area contributed by atoms with Crippen molar-refractivity contribution in [3.8, 4) is 0 Å². The van der Waals surface area contributed by atoms with E-state index in [9.17, 15) is 8.42 Å². The Balaban J connectivity index is 3.73. The van der Waals surface area contributed by atoms with Gasteiger partial charge in [-0.05, 0) is 6.42 Å². The van der Waals surface area contributed by atoms with E-state index in [1.165, 1.54) is 0 Å². The van der Waals surface area contributed by atoms with Crippen LogP contribution in [0.15, 0.2) is 0 Å². The molecule has 1 unspecified atom stereocenters. The number of sulfonamides is 1. The summed E-state index contributed by atoms with van der Waals surface area (Å²) < 4.78 is 34.9. The Hall–Kier alpha value is 0.310. The van der Waals surface area contributed by atoms with Crippen LogP contribution >= 0.6 is 15.9 Å². The van der Waals surface area contributed by atoms with E-state index in [1.54, 1.807) is 14.2 Å². The molecule has 0 aliphatic heterocycles. The van der Waals surface area contributed by atoms with Crippen molar-refractivity contribution in [2.45, 2.75) is 11.2 Å². The molecule has 5 nitrogen and oxygen atoms in total. The van der Waals surface area contributed by atoms with Gasteiger partial charge in [-0.1, -0.05) is 15.9 Å². The van der Waals surface area contributed by atoms with Crippen molar-refractivity contribution in [2.24, 2.45) is 0 Å². The third-order valence-corrected chi connectivity index (χ3v) is 3.65. The highest BCUT2D eigenvalue weighted by molar-refractivity contribution is 9.09. The molecular formula is C8H18BrNO4S. The standard InChI is InChI=1S/C8H18BrNO4S/c1-13-4-3-5-15(11,12)10-6-8(9)7-14-2/h8,10H,3-7H2,1-2H3. The number of rotatable bonds is 9. The summed E-state index contributed by atoms with van der Waals surface area (Å²) in [6.07, 6.45) is 0.503. The van der Waals surface area contributed by atoms with Crippen LogP contribution < -0.4 is 4.72 Å². The van der Waals surface area contributed by atoms with Crippen LogP contribution in [-0.2, 0) is 19.5 Å². The van der Waals surface area contributed by atoms with Crippen molar-refractivity contribution in [1.29, 1.82) is 0 Å². The molecule has 0 saturated heterocycles. The number of halogens is 1. The van der Waals surface area contributed by atoms with Crippen LogP contribution in [0, 0.1) is 0 Å². The molecule has 15 heavy (non-hydrogen) atoms. The van der Waals surface area contributed by atoms with Gasteiger partial charge < -0.3 is 9.47 Å². The zero-order valence-corrected chi connectivity index (χ0v) is 11.4. The Morgan fingerprint density at radius 1 is 1.33 bits per heavy atom. The monoisotopic (exact) mass is 303 g/mol. The summed E-state index contributed by atoms with van der Waals surface area (Å²) in [6.45, 7) is 1.26. The fraction of sp³-hybridized carbons (Fsp3) is 1.00. The molecule has 0 radical (unpaired) electrons. The second kappa shape index (κ2) is 8.46. The van der Waals surface area contributed by atoms with E-state index in [0.29, 0.717) is 26.2 Å². The van der Waals surface area contributed by atoms with Crippen LogP contribution in [0.3, 0.4) is 0 Å². The quantitative estimate of drug-likeness (QED) is 0.493. The summed E-state index contributed by atoms with van der Waals surface area (Å²) in [5.74, 6) is 0.0908. The molecule has 1 N–H and O–H groups in total. The summed E-state index contributed by atoms with van der Waals surface area (Å²) >= 11 is 3.30. The molecule has 0 aromatic carbocycles. The summed E-state index contributed by atoms with van der Waals surface area (Å²) in [5.41, 5.74) is 0. The Kier molecular flexibility index (Phi) is 8.64. The number of ether oxygens (including phenoxy) is 2. The van der Waals surface area contributed by atoms with E-state index in [2.05, 4.69) is 20.7 Å². The predicted octanol–water partition coefficient (Wildman–Crippen LogP) is 0.352. The molecule has 7 heteroatoms. The number of hydrogen-bond acceptors (Lipinski definition) is 4. The maximum atomic E-state index is 11.4. The average molecular weight is 304 g/mol. The van der Waals surface area contributed by atoms with Gasteiger partial charge in [0, 0.05) is 27.4 Å². The second-order valence-electron chi connectivity index (χ2n) is 3.07. The lowest BCUT2D eigenvalue weighted by molar-refractivity contribution is 0.199. The van der Waals surface area contributed by atoms with Gasteiger partial charge in [-0.25, -0.2) is 13.1 Å². The molecule has 0 aliphatic carbocycles. The highest BCUT2D eigenvalue weighted by Gasteiger charge is 2.12. The highest BCUT2D eigenvalue weighted by atomic mass is 79.9. The van der Waals surface area contributed by atoms with Gasteiger partial charge >= 0.3 is 0 Å². The summed E-state index contributed by atoms with van der Waals surface area (Å²) in [4.78, 5) is -0.000278. The molecule has 1 atom stereocenters. The van der Waals surface area contributed by atoms with Crippen LogP contribution in [0.1, 0.15) is 6.42 Å². The van der Waals surface area contributed by atoms with Gasteiger partial charge in [0.05, 0.1) is 17.2 Å². The maximum absolute atomic E-state index is 11.4. The molecule has 0 aromatic heterocycles. The van der Waals surface area contributed by atoms with Crippen LogP contribution in [0.2, 0.25) is 0 Å². The van der Waals surface area contributed by atoms with Gasteiger partial charge in [0.15, 0.2) is 0 Å². The van der Waals surface area contributed by atoms with Crippen LogP contribution in [0.25, 0.3) is 0 Å². The van der Waals surface area contributed by atoms with Crippen LogP contribution in [0.5, 0.6) is 0 Å². The molecule has 0 fully saturated rings. The minimum absolute atomic E-state index is 0.000278. The molecule has 0 rings (SSSR count). The predicted molar refractivity (Wildman–Crippen MR) is 62.9 cm³/mol. The third-order valence-electron chi connectivity index (χ3n) is 1.63. The fourth-order valence-electron chi connectivity index (χ4n) is 0.923. The first-order chi connectivity index (χ1) is 7.02. The van der Waals surface area contributed by atoms with Crippen molar-refractivity contribution >= 4 is 26.0 Å². The van der Waals surface area contributed by atoms with Gasteiger partial charge in [0.25, 0.3) is 0 Å². The first-order valence-electron chi connectivity index (χ1n) is 4.61. The normalized spacial score (nSPS) is 14.1. The Labute approximate surface area is 99.7 Å². The fourth-order valence-corrected chi connectivity index (χ4v) is 2.66. The lowest BCUT2D eigenvalue weighted by Gasteiger charge is -2.10. The molecule has 0 aliphatic rings. The smallest absolute Gasteiger partial charge is 0.211 e. The first-order valence-corrected chi connectivity index (χ1v) is 7.18. The lowest BCUT2D eigenvalue weighted by Crippen LogP contribution is -2.33. The van der Waals surface area contributed by atoms with E-state index in [1.807, 2.05) is 0 Å². The number of hydrogen-bond donors (Lipinski definition) is 1. The topological polar surface area (TPSA) is 64.6 Å². The van der Waals surface area contributed by atoms with E-state index in [-0.39, 0.29) is 10.6 Å². The summed E-state index contributed by atoms with van der Waals surface area (Å²) in [7, 11) is -0.0632. The van der Waals surface area contributed by atoms with E-state index in [0.717, 1.165) is 0 Å². The van der Waals surface area contributed by atoms with E-state index < -0.39 is 10.0 Å². The maximum Gasteiger partial charge on any atom is 0.211 e. The van der Waals surface area contributed by atoms with Crippen molar-refractivity contribution in [3.05, 3.63) is 0 Å². The van der Waals surface area contributed by atoms with Crippen molar-refractivity contribution in [3.63, 3.8) is 0 Å². The molecule has 0 amide bonds. The molecule has 0 spiro atoms. The SMILES string of the molecule is COCCCS(=O)(=O)NCC(Br)COC. The molecule has 92 valence electrons. The van der Waals surface area contributed by atoms with Gasteiger partial charge in [-0.2, -0.15) is 0 Å². The first kappa shape index (κ1) is 15.3. The zero-order valence-electron chi connectivity index (χ0n) is 9.03. The minimum atomic E-state index is -3.18. The summed E-state index contributed by atoms with van der Waals surface area (Å²) in [5, 5.41) is 0. The second-order valence-corrected chi connectivity index (χ2v) is 6.29. The zero-order chi connectivity index (χ0) is 11.7. The Morgan fingerprint density at radius 2 is 2.00 bits per heavy atom. The van der Waals surface area contributed by atoms with Crippen LogP contribution in [0.4, 0.5) is 0 Å². The minimum Gasteiger partial charge on any atom is -0.385 e. The van der Waals surface area contributed by atoms with Crippen molar-refractivity contribution in [2.75, 3.05) is 39.7 Å². The van der Waals surface area contributed by atoms with Gasteiger partial charge in [0.1, 0.15) is 0 Å². The van der Waals surface area contributed by atoms with Gasteiger partial charge in [-0.3, -0.25) is 0 Å². The largest absolute Gasteiger partial charge is 0.385 e. The lowest BCUT2D eigenvalue weighted by atomic mass is 10.5. The van der Waals surface area contributed by atoms with E-state index in [4.69, 9.17) is 9.47 Å². The van der Waals surface area contributed by atoms with E-state index >= 15 is 0 Å². The number of methoxy groups -OCH3 is 2. The molecule has 0 heterocycles. The molecule has 0 saturated carbocycles. The average Bonchev–Trinajstić information content (AvgIpc) is 2.16. The number of alkyl halides is 1. The van der Waals surface area contributed by atoms with Crippen molar-refractivity contribution in [1.82, 2.24) is 4.72 Å². The summed E-state index contributed by atoms with van der Waals surface area (Å²) in [6, 6.07) is 0. The van der Waals surface area contributed by atoms with Gasteiger partial charge in [0.2, 0.25) is 10.0 Å². The molecule has 0 bridgehead atoms. The number of nitrogens with one attached hydrogen (secondary N) is 1.